The van der Waals surface area contributed by atoms with Crippen LogP contribution in [0.2, 0.25) is 0 Å². The highest BCUT2D eigenvalue weighted by atomic mass is 16.5. The second-order valence-corrected chi connectivity index (χ2v) is 3.09. The molecule has 0 unspecified atom stereocenters. The van der Waals surface area contributed by atoms with E-state index in [-0.39, 0.29) is 6.10 Å². The molecule has 1 heteroatoms. The Morgan fingerprint density at radius 1 is 1.25 bits per heavy atom. The van der Waals surface area contributed by atoms with E-state index in [1.54, 1.807) is 0 Å². The molecule has 1 aromatic rings. The molecule has 1 nitrogen and oxygen atoms in total. The highest BCUT2D eigenvalue weighted by Gasteiger charge is 2.10. The topological polar surface area (TPSA) is 9.23 Å². The Kier molecular flexibility index (Phi) is 1.96. The second kappa shape index (κ2) is 3.11. The monoisotopic (exact) mass is 160 g/mol. The van der Waals surface area contributed by atoms with Gasteiger partial charge in [-0.1, -0.05) is 42.0 Å². The Morgan fingerprint density at radius 3 is 2.58 bits per heavy atom. The fourth-order valence-electron chi connectivity index (χ4n) is 1.36. The van der Waals surface area contributed by atoms with Crippen LogP contribution >= 0.6 is 0 Å². The maximum Gasteiger partial charge on any atom is 0.101 e. The first-order chi connectivity index (χ1) is 5.86. The van der Waals surface area contributed by atoms with E-state index in [9.17, 15) is 0 Å². The van der Waals surface area contributed by atoms with Crippen LogP contribution in [0.3, 0.4) is 0 Å². The van der Waals surface area contributed by atoms with Crippen LogP contribution in [0, 0.1) is 6.92 Å². The molecule has 0 saturated carbocycles. The Balaban J connectivity index is 2.23. The van der Waals surface area contributed by atoms with E-state index < -0.39 is 0 Å². The summed E-state index contributed by atoms with van der Waals surface area (Å²) in [6.07, 6.45) is 4.35. The molecule has 0 N–H and O–H groups in total. The fraction of sp³-hybridized carbons (Fsp3) is 0.273. The predicted octanol–water partition coefficient (Wildman–Crippen LogP) is 2.62. The lowest BCUT2D eigenvalue weighted by molar-refractivity contribution is 0.129. The third kappa shape index (κ3) is 1.41. The normalized spacial score (nSPS) is 21.6. The van der Waals surface area contributed by atoms with Gasteiger partial charge in [-0.15, -0.1) is 0 Å². The number of benzene rings is 1. The van der Waals surface area contributed by atoms with Gasteiger partial charge in [-0.2, -0.15) is 0 Å². The van der Waals surface area contributed by atoms with Gasteiger partial charge in [0.2, 0.25) is 0 Å². The average Bonchev–Trinajstić information content (AvgIpc) is 2.58. The summed E-state index contributed by atoms with van der Waals surface area (Å²) in [7, 11) is 0. The summed E-state index contributed by atoms with van der Waals surface area (Å²) in [5.74, 6) is 0. The van der Waals surface area contributed by atoms with E-state index in [1.807, 2.05) is 0 Å². The van der Waals surface area contributed by atoms with Crippen LogP contribution < -0.4 is 0 Å². The van der Waals surface area contributed by atoms with Crippen molar-refractivity contribution in [3.63, 3.8) is 0 Å². The molecular weight excluding hydrogens is 148 g/mol. The molecule has 0 amide bonds. The van der Waals surface area contributed by atoms with E-state index in [2.05, 4.69) is 43.3 Å². The van der Waals surface area contributed by atoms with Crippen LogP contribution in [0.5, 0.6) is 0 Å². The molecule has 12 heavy (non-hydrogen) atoms. The van der Waals surface area contributed by atoms with Crippen LogP contribution in [0.15, 0.2) is 36.4 Å². The molecular formula is C11H12O. The van der Waals surface area contributed by atoms with Gasteiger partial charge in [0.15, 0.2) is 0 Å². The van der Waals surface area contributed by atoms with Gasteiger partial charge in [0, 0.05) is 0 Å². The van der Waals surface area contributed by atoms with Gasteiger partial charge in [-0.25, -0.2) is 0 Å². The molecule has 0 fully saturated rings. The minimum absolute atomic E-state index is 0.186. The number of hydrogen-bond donors (Lipinski definition) is 0. The van der Waals surface area contributed by atoms with Crippen molar-refractivity contribution in [3.8, 4) is 0 Å². The molecule has 0 bridgehead atoms. The van der Waals surface area contributed by atoms with Crippen LogP contribution in [-0.4, -0.2) is 6.61 Å². The standard InChI is InChI=1S/C11H12O/c1-9-4-6-10(7-5-9)11-3-2-8-12-11/h2-7,11H,8H2,1H3/t11-/m0/s1. The van der Waals surface area contributed by atoms with Crippen molar-refractivity contribution in [2.24, 2.45) is 0 Å². The third-order valence-corrected chi connectivity index (χ3v) is 2.09. The zero-order valence-corrected chi connectivity index (χ0v) is 7.16. The summed E-state index contributed by atoms with van der Waals surface area (Å²) in [5, 5.41) is 0. The number of hydrogen-bond acceptors (Lipinski definition) is 1. The maximum absolute atomic E-state index is 5.47. The Morgan fingerprint density at radius 2 is 2.00 bits per heavy atom. The van der Waals surface area contributed by atoms with Crippen molar-refractivity contribution in [1.82, 2.24) is 0 Å². The largest absolute Gasteiger partial charge is 0.365 e. The predicted molar refractivity (Wildman–Crippen MR) is 49.0 cm³/mol. The number of aryl methyl sites for hydroxylation is 1. The van der Waals surface area contributed by atoms with Gasteiger partial charge in [-0.3, -0.25) is 0 Å². The van der Waals surface area contributed by atoms with Crippen molar-refractivity contribution in [3.05, 3.63) is 47.5 Å². The molecule has 62 valence electrons. The van der Waals surface area contributed by atoms with Crippen molar-refractivity contribution < 1.29 is 4.74 Å². The molecule has 0 aromatic heterocycles. The lowest BCUT2D eigenvalue weighted by Crippen LogP contribution is -1.94. The first-order valence-electron chi connectivity index (χ1n) is 4.21. The van der Waals surface area contributed by atoms with Gasteiger partial charge in [0.1, 0.15) is 6.10 Å². The van der Waals surface area contributed by atoms with Gasteiger partial charge in [-0.05, 0) is 12.5 Å². The molecule has 1 atom stereocenters. The van der Waals surface area contributed by atoms with E-state index in [0.29, 0.717) is 0 Å². The summed E-state index contributed by atoms with van der Waals surface area (Å²) in [4.78, 5) is 0. The second-order valence-electron chi connectivity index (χ2n) is 3.09. The van der Waals surface area contributed by atoms with E-state index >= 15 is 0 Å². The molecule has 1 heterocycles. The molecule has 0 aliphatic carbocycles. The molecule has 0 saturated heterocycles. The van der Waals surface area contributed by atoms with Crippen molar-refractivity contribution >= 4 is 0 Å². The van der Waals surface area contributed by atoms with Gasteiger partial charge in [0.05, 0.1) is 6.61 Å². The van der Waals surface area contributed by atoms with Crippen molar-refractivity contribution in [1.29, 1.82) is 0 Å². The molecule has 1 aromatic carbocycles. The number of ether oxygens (including phenoxy) is 1. The lowest BCUT2D eigenvalue weighted by atomic mass is 10.1. The van der Waals surface area contributed by atoms with Gasteiger partial charge < -0.3 is 4.74 Å². The molecule has 0 spiro atoms. The summed E-state index contributed by atoms with van der Waals surface area (Å²) >= 11 is 0. The minimum atomic E-state index is 0.186. The van der Waals surface area contributed by atoms with Crippen LogP contribution in [0.1, 0.15) is 17.2 Å². The lowest BCUT2D eigenvalue weighted by Gasteiger charge is -2.08. The highest BCUT2D eigenvalue weighted by Crippen LogP contribution is 2.22. The molecule has 1 aliphatic rings. The smallest absolute Gasteiger partial charge is 0.101 e. The summed E-state index contributed by atoms with van der Waals surface area (Å²) < 4.78 is 5.47. The Bertz CT molecular complexity index is 284. The zero-order chi connectivity index (χ0) is 8.39. The molecule has 2 rings (SSSR count). The third-order valence-electron chi connectivity index (χ3n) is 2.09. The quantitative estimate of drug-likeness (QED) is 0.574. The molecule has 0 radical (unpaired) electrons. The average molecular weight is 160 g/mol. The summed E-state index contributed by atoms with van der Waals surface area (Å²) in [6, 6.07) is 8.47. The first-order valence-corrected chi connectivity index (χ1v) is 4.21. The molecule has 1 aliphatic heterocycles. The fourth-order valence-corrected chi connectivity index (χ4v) is 1.36. The highest BCUT2D eigenvalue weighted by molar-refractivity contribution is 5.26. The van der Waals surface area contributed by atoms with Crippen LogP contribution in [0.4, 0.5) is 0 Å². The summed E-state index contributed by atoms with van der Waals surface area (Å²) in [5.41, 5.74) is 2.54. The van der Waals surface area contributed by atoms with Crippen LogP contribution in [-0.2, 0) is 4.74 Å². The minimum Gasteiger partial charge on any atom is -0.365 e. The van der Waals surface area contributed by atoms with E-state index in [0.717, 1.165) is 6.61 Å². The van der Waals surface area contributed by atoms with Crippen molar-refractivity contribution in [2.45, 2.75) is 13.0 Å². The Hall–Kier alpha value is -1.08. The summed E-state index contributed by atoms with van der Waals surface area (Å²) in [6.45, 7) is 2.84. The number of rotatable bonds is 1. The maximum atomic E-state index is 5.47. The van der Waals surface area contributed by atoms with E-state index in [4.69, 9.17) is 4.74 Å². The Labute approximate surface area is 72.7 Å². The van der Waals surface area contributed by atoms with Crippen LogP contribution in [0.25, 0.3) is 0 Å². The van der Waals surface area contributed by atoms with Gasteiger partial charge >= 0.3 is 0 Å². The SMILES string of the molecule is Cc1ccc([C@@H]2C=CCO2)cc1. The first kappa shape index (κ1) is 7.56. The zero-order valence-electron chi connectivity index (χ0n) is 7.16. The van der Waals surface area contributed by atoms with E-state index in [1.165, 1.54) is 11.1 Å². The van der Waals surface area contributed by atoms with Crippen molar-refractivity contribution in [2.75, 3.05) is 6.61 Å². The van der Waals surface area contributed by atoms with Gasteiger partial charge in [0.25, 0.3) is 0 Å².